The van der Waals surface area contributed by atoms with Crippen molar-refractivity contribution in [2.45, 2.75) is 86.2 Å². The van der Waals surface area contributed by atoms with Crippen LogP contribution in [0, 0.1) is 38.6 Å². The van der Waals surface area contributed by atoms with Crippen molar-refractivity contribution in [1.82, 2.24) is 19.5 Å². The molecule has 10 rings (SSSR count). The van der Waals surface area contributed by atoms with Gasteiger partial charge in [-0.15, -0.1) is 41.5 Å². The van der Waals surface area contributed by atoms with Crippen LogP contribution >= 0.6 is 0 Å². The molecular formula is C60H57FIrN4OSi-2. The number of hydrogen-bond donors (Lipinski definition) is 0. The molecule has 0 N–H and O–H groups in total. The van der Waals surface area contributed by atoms with Crippen molar-refractivity contribution < 1.29 is 38.5 Å². The maximum atomic E-state index is 14.5. The van der Waals surface area contributed by atoms with Crippen molar-refractivity contribution in [3.8, 4) is 50.7 Å². The molecule has 8 heteroatoms. The predicted molar refractivity (Wildman–Crippen MR) is 280 cm³/mol. The van der Waals surface area contributed by atoms with Gasteiger partial charge in [0, 0.05) is 63.9 Å². The first-order valence-electron chi connectivity index (χ1n) is 26.0. The van der Waals surface area contributed by atoms with Crippen LogP contribution in [0.25, 0.3) is 83.8 Å². The Balaban J connectivity index is 0.000000244. The molecule has 0 amide bonds. The molecular weight excluding hydrogens is 1030 g/mol. The monoisotopic (exact) mass is 1100 g/mol. The number of fused-ring (bicyclic) bond motifs is 4. The molecule has 0 spiro atoms. The van der Waals surface area contributed by atoms with Gasteiger partial charge in [-0.05, 0) is 76.6 Å². The molecule has 68 heavy (non-hydrogen) atoms. The molecule has 0 saturated heterocycles. The largest absolute Gasteiger partial charge is 0.486 e. The Morgan fingerprint density at radius 2 is 1.49 bits per heavy atom. The number of halogens is 1. The van der Waals surface area contributed by atoms with Gasteiger partial charge in [-0.1, -0.05) is 175 Å². The topological polar surface area (TPSA) is 56.7 Å². The van der Waals surface area contributed by atoms with Gasteiger partial charge in [0.2, 0.25) is 5.71 Å². The van der Waals surface area contributed by atoms with E-state index in [0.717, 1.165) is 78.0 Å². The summed E-state index contributed by atoms with van der Waals surface area (Å²) < 4.78 is 77.0. The van der Waals surface area contributed by atoms with Crippen LogP contribution in [0.1, 0.15) is 77.9 Å². The summed E-state index contributed by atoms with van der Waals surface area (Å²) in [6, 6.07) is 48.5. The number of pyridine rings is 2. The molecule has 6 aromatic carbocycles. The summed E-state index contributed by atoms with van der Waals surface area (Å²) in [6.07, 6.45) is 1.73. The molecule has 345 valence electrons. The van der Waals surface area contributed by atoms with E-state index in [4.69, 9.17) is 24.0 Å². The SMILES string of the molecule is [2H]C([2H])([2H])c1c[c-]c(-c2cc(C([2H])(C)C)c([Si](C)(C)C)cn2)c(F)c1.[2H]C([2H])([2H])c1ccc(-c2ccc3c(n2)oc2c(-c4nc5ccccc5n4-c4ccc(C(C)(C)C)cc4-c4ccccc4)[c-]cc(C)c23)cc1.[Ir]. The van der Waals surface area contributed by atoms with Gasteiger partial charge in [-0.25, -0.2) is 4.98 Å². The molecule has 5 nitrogen and oxygen atoms in total. The van der Waals surface area contributed by atoms with Crippen LogP contribution in [0.15, 0.2) is 144 Å². The Hall–Kier alpha value is -6.31. The van der Waals surface area contributed by atoms with Crippen molar-refractivity contribution in [3.05, 3.63) is 185 Å². The number of para-hydroxylation sites is 2. The van der Waals surface area contributed by atoms with Crippen LogP contribution in [0.3, 0.4) is 0 Å². The number of aromatic nitrogens is 4. The average Bonchev–Trinajstić information content (AvgIpc) is 3.92. The van der Waals surface area contributed by atoms with E-state index in [-0.39, 0.29) is 36.6 Å². The standard InChI is InChI=1S/C42H34N3O.C18H23FNSi.Ir/c1-26-15-18-29(19-16-26)34-23-22-31-38-27(2)17-21-32(39(38)46-41(31)44-34)40-43-35-13-9-10-14-37(35)45(40)36-24-20-30(42(3,4)5)25-33(36)28-11-7-6-8-12-28;1-12(2)15-10-17(20-11-18(15)21(4,5)6)14-8-7-13(3)9-16(14)19;/h6-20,22-25H,1-5H3;7,9-12H,1-6H3;/q2*-1;/i1D3;3D3,12D;. The number of benzene rings is 6. The fourth-order valence-corrected chi connectivity index (χ4v) is 10.2. The van der Waals surface area contributed by atoms with E-state index >= 15 is 0 Å². The maximum absolute atomic E-state index is 14.5. The van der Waals surface area contributed by atoms with Crippen molar-refractivity contribution >= 4 is 46.4 Å². The Labute approximate surface area is 424 Å². The number of furan rings is 1. The van der Waals surface area contributed by atoms with Crippen LogP contribution in [0.5, 0.6) is 0 Å². The smallest absolute Gasteiger partial charge is 0.216 e. The minimum Gasteiger partial charge on any atom is -0.486 e. The summed E-state index contributed by atoms with van der Waals surface area (Å²) in [4.78, 5) is 14.5. The summed E-state index contributed by atoms with van der Waals surface area (Å²) in [5.41, 5.74) is 12.3. The van der Waals surface area contributed by atoms with E-state index in [1.807, 2.05) is 42.5 Å². The van der Waals surface area contributed by atoms with E-state index in [2.05, 4.69) is 118 Å². The fraction of sp³-hybridized carbons (Fsp3) is 0.217. The molecule has 0 unspecified atom stereocenters. The molecule has 0 aliphatic carbocycles. The van der Waals surface area contributed by atoms with E-state index in [0.29, 0.717) is 28.2 Å². The first kappa shape index (κ1) is 39.7. The number of aryl methyl sites for hydroxylation is 3. The molecule has 1 radical (unpaired) electrons. The third kappa shape index (κ3) is 9.42. The maximum Gasteiger partial charge on any atom is 0.216 e. The zero-order valence-corrected chi connectivity index (χ0v) is 43.1. The van der Waals surface area contributed by atoms with Gasteiger partial charge in [-0.3, -0.25) is 9.37 Å². The first-order valence-corrected chi connectivity index (χ1v) is 26.0. The Morgan fingerprint density at radius 3 is 2.18 bits per heavy atom. The van der Waals surface area contributed by atoms with Gasteiger partial charge in [0.15, 0.2) is 0 Å². The third-order valence-corrected chi connectivity index (χ3v) is 14.2. The molecule has 0 fully saturated rings. The van der Waals surface area contributed by atoms with E-state index in [1.54, 1.807) is 50.4 Å². The first-order chi connectivity index (χ1) is 34.7. The number of imidazole rings is 1. The summed E-state index contributed by atoms with van der Waals surface area (Å²) in [5, 5.41) is 2.93. The Bertz CT molecular complexity index is 3740. The second-order valence-corrected chi connectivity index (χ2v) is 24.4. The number of hydrogen-bond acceptors (Lipinski definition) is 4. The molecule has 0 aliphatic rings. The zero-order chi connectivity index (χ0) is 53.3. The molecule has 0 aliphatic heterocycles. The third-order valence-electron chi connectivity index (χ3n) is 12.2. The predicted octanol–water partition coefficient (Wildman–Crippen LogP) is 15.7. The molecule has 0 bridgehead atoms. The minimum absolute atomic E-state index is 0. The van der Waals surface area contributed by atoms with E-state index < -0.39 is 33.5 Å². The molecule has 4 heterocycles. The van der Waals surface area contributed by atoms with Crippen LogP contribution < -0.4 is 5.19 Å². The van der Waals surface area contributed by atoms with E-state index in [1.165, 1.54) is 11.6 Å². The fourth-order valence-electron chi connectivity index (χ4n) is 8.59. The molecule has 10 aromatic rings. The van der Waals surface area contributed by atoms with Gasteiger partial charge < -0.3 is 14.0 Å². The molecule has 0 atom stereocenters. The quantitative estimate of drug-likeness (QED) is 0.118. The van der Waals surface area contributed by atoms with Crippen LogP contribution in [0.4, 0.5) is 4.39 Å². The number of rotatable bonds is 7. The van der Waals surface area contributed by atoms with Crippen LogP contribution in [-0.4, -0.2) is 27.6 Å². The van der Waals surface area contributed by atoms with Gasteiger partial charge >= 0.3 is 0 Å². The van der Waals surface area contributed by atoms with Gasteiger partial charge in [0.25, 0.3) is 0 Å². The Kier molecular flexibility index (Phi) is 11.1. The molecule has 4 aromatic heterocycles. The summed E-state index contributed by atoms with van der Waals surface area (Å²) >= 11 is 0. The van der Waals surface area contributed by atoms with Crippen molar-refractivity contribution in [2.75, 3.05) is 0 Å². The van der Waals surface area contributed by atoms with Crippen molar-refractivity contribution in [1.29, 1.82) is 0 Å². The second kappa shape index (κ2) is 19.0. The average molecular weight is 1100 g/mol. The van der Waals surface area contributed by atoms with Gasteiger partial charge in [0.05, 0.1) is 36.2 Å². The normalized spacial score (nSPS) is 13.9. The van der Waals surface area contributed by atoms with Crippen molar-refractivity contribution in [2.24, 2.45) is 0 Å². The number of nitrogens with zero attached hydrogens (tertiary/aromatic N) is 4. The zero-order valence-electron chi connectivity index (χ0n) is 46.7. The van der Waals surface area contributed by atoms with Gasteiger partial charge in [0.1, 0.15) is 0 Å². The van der Waals surface area contributed by atoms with Crippen LogP contribution in [-0.2, 0) is 25.5 Å². The molecule has 0 saturated carbocycles. The second-order valence-electron chi connectivity index (χ2n) is 19.4. The van der Waals surface area contributed by atoms with Crippen molar-refractivity contribution in [3.63, 3.8) is 0 Å². The summed E-state index contributed by atoms with van der Waals surface area (Å²) in [5.74, 6) is -0.787. The minimum atomic E-state index is -2.38. The summed E-state index contributed by atoms with van der Waals surface area (Å²) in [6.45, 7) is 14.4. The summed E-state index contributed by atoms with van der Waals surface area (Å²) in [7, 11) is -1.72. The Morgan fingerprint density at radius 1 is 0.765 bits per heavy atom. The van der Waals surface area contributed by atoms with Crippen LogP contribution in [0.2, 0.25) is 19.6 Å². The van der Waals surface area contributed by atoms with Gasteiger partial charge in [-0.2, -0.15) is 0 Å². The van der Waals surface area contributed by atoms with E-state index in [9.17, 15) is 4.39 Å².